The molecule has 26 heavy (non-hydrogen) atoms. The second-order valence-corrected chi connectivity index (χ2v) is 7.19. The molecule has 5 heterocycles. The molecule has 9 nitrogen and oxygen atoms in total. The first kappa shape index (κ1) is 15.7. The molecule has 3 saturated heterocycles. The van der Waals surface area contributed by atoms with Crippen molar-refractivity contribution in [3.05, 3.63) is 18.5 Å². The minimum Gasteiger partial charge on any atom is -0.380 e. The molecule has 0 bridgehead atoms. The van der Waals surface area contributed by atoms with Gasteiger partial charge < -0.3 is 25.0 Å². The number of aromatic nitrogens is 4. The SMILES string of the molecule is Nc1ncc(-c2cc(N3CC4(COC4)C3)nc(N3CCOCC3)n2)cn1. The lowest BCUT2D eigenvalue weighted by Gasteiger charge is -2.55. The first-order valence-electron chi connectivity index (χ1n) is 8.83. The van der Waals surface area contributed by atoms with E-state index in [0.717, 1.165) is 62.4 Å². The smallest absolute Gasteiger partial charge is 0.228 e. The van der Waals surface area contributed by atoms with Crippen LogP contribution in [0.4, 0.5) is 17.7 Å². The number of nitrogens with two attached hydrogens (primary N) is 1. The summed E-state index contributed by atoms with van der Waals surface area (Å²) in [5.41, 5.74) is 7.58. The van der Waals surface area contributed by atoms with Crippen molar-refractivity contribution in [2.45, 2.75) is 0 Å². The van der Waals surface area contributed by atoms with Crippen molar-refractivity contribution in [3.63, 3.8) is 0 Å². The Hall–Kier alpha value is -2.52. The topological polar surface area (TPSA) is 103 Å². The molecule has 2 N–H and O–H groups in total. The van der Waals surface area contributed by atoms with E-state index >= 15 is 0 Å². The van der Waals surface area contributed by atoms with Crippen LogP contribution in [-0.2, 0) is 9.47 Å². The molecule has 0 atom stereocenters. The summed E-state index contributed by atoms with van der Waals surface area (Å²) in [6.07, 6.45) is 3.41. The zero-order valence-electron chi connectivity index (χ0n) is 14.5. The zero-order chi connectivity index (χ0) is 17.6. The van der Waals surface area contributed by atoms with Gasteiger partial charge in [0, 0.05) is 50.2 Å². The lowest BCUT2D eigenvalue weighted by Crippen LogP contribution is -2.66. The molecule has 9 heteroatoms. The zero-order valence-corrected chi connectivity index (χ0v) is 14.5. The number of morpholine rings is 1. The van der Waals surface area contributed by atoms with Crippen molar-refractivity contribution >= 4 is 17.7 Å². The predicted octanol–water partition coefficient (Wildman–Crippen LogP) is 0.189. The van der Waals surface area contributed by atoms with Gasteiger partial charge in [-0.1, -0.05) is 0 Å². The molecule has 2 aromatic heterocycles. The van der Waals surface area contributed by atoms with Crippen LogP contribution in [0.25, 0.3) is 11.3 Å². The normalized spacial score (nSPS) is 21.4. The van der Waals surface area contributed by atoms with Gasteiger partial charge in [0.15, 0.2) is 0 Å². The molecule has 3 aliphatic rings. The molecule has 3 aliphatic heterocycles. The van der Waals surface area contributed by atoms with Crippen molar-refractivity contribution in [1.82, 2.24) is 19.9 Å². The van der Waals surface area contributed by atoms with Gasteiger partial charge in [-0.05, 0) is 0 Å². The van der Waals surface area contributed by atoms with Crippen LogP contribution in [0.5, 0.6) is 0 Å². The van der Waals surface area contributed by atoms with E-state index in [1.165, 1.54) is 0 Å². The van der Waals surface area contributed by atoms with Gasteiger partial charge in [0.25, 0.3) is 0 Å². The molecule has 0 amide bonds. The summed E-state index contributed by atoms with van der Waals surface area (Å²) in [5, 5.41) is 0. The molecule has 3 fully saturated rings. The number of nitrogens with zero attached hydrogens (tertiary/aromatic N) is 6. The standard InChI is InChI=1S/C17H21N7O2/c18-15-19-6-12(7-20-15)13-5-14(24-8-17(9-24)10-26-11-17)22-16(21-13)23-1-3-25-4-2-23/h5-7H,1-4,8-11H2,(H2,18,19,20). The van der Waals surface area contributed by atoms with Gasteiger partial charge in [-0.3, -0.25) is 0 Å². The van der Waals surface area contributed by atoms with Gasteiger partial charge in [0.1, 0.15) is 5.82 Å². The van der Waals surface area contributed by atoms with Gasteiger partial charge in [-0.15, -0.1) is 0 Å². The fourth-order valence-electron chi connectivity index (χ4n) is 3.61. The van der Waals surface area contributed by atoms with Crippen LogP contribution in [0.15, 0.2) is 18.5 Å². The Balaban J connectivity index is 1.49. The van der Waals surface area contributed by atoms with Gasteiger partial charge in [0.05, 0.1) is 37.5 Å². The van der Waals surface area contributed by atoms with Crippen molar-refractivity contribution in [2.24, 2.45) is 5.41 Å². The van der Waals surface area contributed by atoms with Crippen LogP contribution in [0, 0.1) is 5.41 Å². The number of rotatable bonds is 3. The number of ether oxygens (including phenoxy) is 2. The average molecular weight is 355 g/mol. The molecule has 0 saturated carbocycles. The Kier molecular flexibility index (Phi) is 3.64. The lowest BCUT2D eigenvalue weighted by atomic mass is 9.78. The summed E-state index contributed by atoms with van der Waals surface area (Å²) in [7, 11) is 0. The van der Waals surface area contributed by atoms with Gasteiger partial charge >= 0.3 is 0 Å². The Bertz CT molecular complexity index is 795. The van der Waals surface area contributed by atoms with Gasteiger partial charge in [-0.2, -0.15) is 4.98 Å². The number of anilines is 3. The van der Waals surface area contributed by atoms with Crippen LogP contribution in [0.3, 0.4) is 0 Å². The molecule has 0 radical (unpaired) electrons. The Morgan fingerprint density at radius 2 is 1.69 bits per heavy atom. The van der Waals surface area contributed by atoms with E-state index < -0.39 is 0 Å². The van der Waals surface area contributed by atoms with E-state index in [4.69, 9.17) is 25.2 Å². The van der Waals surface area contributed by atoms with E-state index in [0.29, 0.717) is 18.6 Å². The summed E-state index contributed by atoms with van der Waals surface area (Å²) in [6, 6.07) is 2.01. The summed E-state index contributed by atoms with van der Waals surface area (Å²) in [5.74, 6) is 1.92. The van der Waals surface area contributed by atoms with E-state index in [1.54, 1.807) is 12.4 Å². The second-order valence-electron chi connectivity index (χ2n) is 7.19. The van der Waals surface area contributed by atoms with Crippen LogP contribution < -0.4 is 15.5 Å². The quantitative estimate of drug-likeness (QED) is 0.826. The highest BCUT2D eigenvalue weighted by molar-refractivity contribution is 5.65. The molecule has 0 aromatic carbocycles. The average Bonchev–Trinajstić information content (AvgIpc) is 2.60. The summed E-state index contributed by atoms with van der Waals surface area (Å²) >= 11 is 0. The van der Waals surface area contributed by atoms with Crippen molar-refractivity contribution in [1.29, 1.82) is 0 Å². The third-order valence-corrected chi connectivity index (χ3v) is 5.16. The fraction of sp³-hybridized carbons (Fsp3) is 0.529. The van der Waals surface area contributed by atoms with Crippen LogP contribution in [0.2, 0.25) is 0 Å². The second kappa shape index (κ2) is 6.03. The lowest BCUT2D eigenvalue weighted by molar-refractivity contribution is -0.127. The van der Waals surface area contributed by atoms with Gasteiger partial charge in [-0.25, -0.2) is 15.0 Å². The minimum absolute atomic E-state index is 0.256. The fourth-order valence-corrected chi connectivity index (χ4v) is 3.61. The summed E-state index contributed by atoms with van der Waals surface area (Å²) < 4.78 is 10.8. The van der Waals surface area contributed by atoms with Crippen molar-refractivity contribution in [2.75, 3.05) is 68.1 Å². The third kappa shape index (κ3) is 2.73. The highest BCUT2D eigenvalue weighted by Gasteiger charge is 2.49. The Morgan fingerprint density at radius 1 is 0.962 bits per heavy atom. The molecular weight excluding hydrogens is 334 g/mol. The Morgan fingerprint density at radius 3 is 2.35 bits per heavy atom. The maximum Gasteiger partial charge on any atom is 0.228 e. The highest BCUT2D eigenvalue weighted by atomic mass is 16.5. The molecule has 0 unspecified atom stereocenters. The molecule has 5 rings (SSSR count). The van der Waals surface area contributed by atoms with Gasteiger partial charge in [0.2, 0.25) is 11.9 Å². The minimum atomic E-state index is 0.256. The van der Waals surface area contributed by atoms with Crippen molar-refractivity contribution < 1.29 is 9.47 Å². The van der Waals surface area contributed by atoms with Crippen LogP contribution in [0.1, 0.15) is 0 Å². The molecule has 0 aliphatic carbocycles. The molecular formula is C17H21N7O2. The van der Waals surface area contributed by atoms with E-state index in [1.807, 2.05) is 6.07 Å². The highest BCUT2D eigenvalue weighted by Crippen LogP contribution is 2.40. The Labute approximate surface area is 151 Å². The number of hydrogen-bond donors (Lipinski definition) is 1. The summed E-state index contributed by atoms with van der Waals surface area (Å²) in [6.45, 7) is 6.62. The van der Waals surface area contributed by atoms with Crippen molar-refractivity contribution in [3.8, 4) is 11.3 Å². The summed E-state index contributed by atoms with van der Waals surface area (Å²) in [4.78, 5) is 22.2. The number of nitrogen functional groups attached to an aromatic ring is 1. The largest absolute Gasteiger partial charge is 0.380 e. The maximum absolute atomic E-state index is 5.61. The first-order chi connectivity index (χ1) is 12.7. The molecule has 2 aromatic rings. The maximum atomic E-state index is 5.61. The third-order valence-electron chi connectivity index (χ3n) is 5.16. The molecule has 1 spiro atoms. The molecule has 136 valence electrons. The monoisotopic (exact) mass is 355 g/mol. The first-order valence-corrected chi connectivity index (χ1v) is 8.83. The van der Waals surface area contributed by atoms with E-state index in [2.05, 4.69) is 19.8 Å². The predicted molar refractivity (Wildman–Crippen MR) is 96.0 cm³/mol. The van der Waals surface area contributed by atoms with E-state index in [9.17, 15) is 0 Å². The van der Waals surface area contributed by atoms with E-state index in [-0.39, 0.29) is 5.95 Å². The van der Waals surface area contributed by atoms with Crippen LogP contribution in [-0.4, -0.2) is 72.5 Å². The van der Waals surface area contributed by atoms with Crippen LogP contribution >= 0.6 is 0 Å². The number of hydrogen-bond acceptors (Lipinski definition) is 9.